The first kappa shape index (κ1) is 15.5. The molecule has 1 heterocycles. The van der Waals surface area contributed by atoms with Gasteiger partial charge in [0, 0.05) is 24.9 Å². The number of ketones is 2. The molecule has 3 rings (SSSR count). The van der Waals surface area contributed by atoms with Crippen LogP contribution in [0.2, 0.25) is 0 Å². The molecule has 0 unspecified atom stereocenters. The second-order valence-corrected chi connectivity index (χ2v) is 6.58. The summed E-state index contributed by atoms with van der Waals surface area (Å²) in [5, 5.41) is 2.65. The van der Waals surface area contributed by atoms with Gasteiger partial charge in [0.1, 0.15) is 17.5 Å². The largest absolute Gasteiger partial charge is 0.354 e. The summed E-state index contributed by atoms with van der Waals surface area (Å²) in [7, 11) is 0. The van der Waals surface area contributed by atoms with Crippen LogP contribution in [-0.2, 0) is 14.4 Å². The molecule has 1 aliphatic heterocycles. The van der Waals surface area contributed by atoms with Crippen LogP contribution < -0.4 is 5.32 Å². The molecule has 1 N–H and O–H groups in total. The summed E-state index contributed by atoms with van der Waals surface area (Å²) in [6.07, 6.45) is 0.315. The van der Waals surface area contributed by atoms with Crippen molar-refractivity contribution in [1.29, 1.82) is 0 Å². The van der Waals surface area contributed by atoms with E-state index in [1.165, 1.54) is 0 Å². The third kappa shape index (κ3) is 2.37. The Labute approximate surface area is 135 Å². The Bertz CT molecular complexity index is 754. The van der Waals surface area contributed by atoms with Crippen LogP contribution >= 0.6 is 0 Å². The first-order valence-electron chi connectivity index (χ1n) is 7.75. The van der Waals surface area contributed by atoms with Gasteiger partial charge in [0.2, 0.25) is 5.91 Å². The molecule has 1 aromatic rings. The highest BCUT2D eigenvalue weighted by Crippen LogP contribution is 2.43. The van der Waals surface area contributed by atoms with Gasteiger partial charge >= 0.3 is 0 Å². The molecule has 0 radical (unpaired) electrons. The molecule has 2 aliphatic rings. The highest BCUT2D eigenvalue weighted by atomic mass is 16.2. The molecule has 1 aromatic carbocycles. The van der Waals surface area contributed by atoms with Crippen molar-refractivity contribution >= 4 is 17.5 Å². The third-order valence-electron chi connectivity index (χ3n) is 4.89. The monoisotopic (exact) mass is 309 g/mol. The number of hydrogen-bond acceptors (Lipinski definition) is 3. The number of nitrogens with one attached hydrogen (secondary N) is 1. The van der Waals surface area contributed by atoms with E-state index in [0.29, 0.717) is 6.54 Å². The van der Waals surface area contributed by atoms with E-state index < -0.39 is 11.3 Å². The van der Waals surface area contributed by atoms with E-state index >= 15 is 0 Å². The third-order valence-corrected chi connectivity index (χ3v) is 4.89. The van der Waals surface area contributed by atoms with Gasteiger partial charge in [-0.1, -0.05) is 5.92 Å². The fourth-order valence-electron chi connectivity index (χ4n) is 3.78. The number of β-lactam (4-membered cyclic amide) rings is 1. The predicted octanol–water partition coefficient (Wildman–Crippen LogP) is 1.81. The van der Waals surface area contributed by atoms with Crippen LogP contribution in [0.3, 0.4) is 0 Å². The SMILES string of the molecule is CC#Cc1cc(C)c(C2C(=O)CC3(CNC3=O)CC2=O)c(C)c1. The van der Waals surface area contributed by atoms with E-state index in [2.05, 4.69) is 17.2 Å². The van der Waals surface area contributed by atoms with E-state index in [0.717, 1.165) is 22.3 Å². The maximum atomic E-state index is 12.6. The average Bonchev–Trinajstić information content (AvgIpc) is 2.47. The Balaban J connectivity index is 1.99. The van der Waals surface area contributed by atoms with Crippen LogP contribution in [0, 0.1) is 31.1 Å². The smallest absolute Gasteiger partial charge is 0.228 e. The number of carbonyl (C=O) groups excluding carboxylic acids is 3. The van der Waals surface area contributed by atoms with E-state index in [-0.39, 0.29) is 30.3 Å². The lowest BCUT2D eigenvalue weighted by atomic mass is 9.63. The van der Waals surface area contributed by atoms with Crippen molar-refractivity contribution in [3.05, 3.63) is 34.4 Å². The van der Waals surface area contributed by atoms with Crippen LogP contribution in [0.25, 0.3) is 0 Å². The van der Waals surface area contributed by atoms with Gasteiger partial charge in [0.15, 0.2) is 0 Å². The van der Waals surface area contributed by atoms with Crippen molar-refractivity contribution in [3.63, 3.8) is 0 Å². The van der Waals surface area contributed by atoms with Gasteiger partial charge in [-0.2, -0.15) is 0 Å². The van der Waals surface area contributed by atoms with E-state index in [4.69, 9.17) is 0 Å². The van der Waals surface area contributed by atoms with Gasteiger partial charge in [-0.25, -0.2) is 0 Å². The maximum absolute atomic E-state index is 12.6. The van der Waals surface area contributed by atoms with Crippen molar-refractivity contribution in [2.24, 2.45) is 5.41 Å². The standard InChI is InChI=1S/C19H19NO3/c1-4-5-13-6-11(2)16(12(3)7-13)17-14(21)8-19(9-15(17)22)10-20-18(19)23/h6-7,17H,8-10H2,1-3H3,(H,20,23). The lowest BCUT2D eigenvalue weighted by Crippen LogP contribution is -2.63. The summed E-state index contributed by atoms with van der Waals surface area (Å²) in [4.78, 5) is 37.1. The lowest BCUT2D eigenvalue weighted by Gasteiger charge is -2.44. The molecule has 4 heteroatoms. The average molecular weight is 309 g/mol. The molecule has 1 amide bonds. The number of carbonyl (C=O) groups is 3. The quantitative estimate of drug-likeness (QED) is 0.489. The Kier molecular flexibility index (Phi) is 3.60. The topological polar surface area (TPSA) is 63.2 Å². The highest BCUT2D eigenvalue weighted by molar-refractivity contribution is 6.14. The van der Waals surface area contributed by atoms with Gasteiger partial charge in [0.05, 0.1) is 5.41 Å². The molecule has 118 valence electrons. The molecule has 23 heavy (non-hydrogen) atoms. The minimum Gasteiger partial charge on any atom is -0.354 e. The first-order chi connectivity index (χ1) is 10.9. The summed E-state index contributed by atoms with van der Waals surface area (Å²) in [5.74, 6) is 4.67. The zero-order valence-electron chi connectivity index (χ0n) is 13.6. The summed E-state index contributed by atoms with van der Waals surface area (Å²) >= 11 is 0. The Morgan fingerprint density at radius 3 is 2.04 bits per heavy atom. The molecular formula is C19H19NO3. The van der Waals surface area contributed by atoms with Gasteiger partial charge < -0.3 is 5.32 Å². The number of amides is 1. The maximum Gasteiger partial charge on any atom is 0.228 e. The fraction of sp³-hybridized carbons (Fsp3) is 0.421. The lowest BCUT2D eigenvalue weighted by molar-refractivity contribution is -0.152. The summed E-state index contributed by atoms with van der Waals surface area (Å²) in [6.45, 7) is 6.02. The second kappa shape index (κ2) is 5.34. The molecule has 1 aliphatic carbocycles. The number of Topliss-reactive ketones (excluding diaryl/α,β-unsaturated/α-hetero) is 2. The Hall–Kier alpha value is -2.41. The number of hydrogen-bond donors (Lipinski definition) is 1. The minimum atomic E-state index is -0.778. The number of rotatable bonds is 1. The molecular weight excluding hydrogens is 290 g/mol. The number of benzene rings is 1. The summed E-state index contributed by atoms with van der Waals surface area (Å²) in [5.41, 5.74) is 2.71. The van der Waals surface area contributed by atoms with E-state index in [1.54, 1.807) is 6.92 Å². The molecule has 0 bridgehead atoms. The van der Waals surface area contributed by atoms with Crippen LogP contribution in [0.4, 0.5) is 0 Å². The predicted molar refractivity (Wildman–Crippen MR) is 85.9 cm³/mol. The molecule has 0 atom stereocenters. The fourth-order valence-corrected chi connectivity index (χ4v) is 3.78. The number of aryl methyl sites for hydroxylation is 2. The normalized spacial score (nSPS) is 26.4. The van der Waals surface area contributed by atoms with E-state index in [9.17, 15) is 14.4 Å². The van der Waals surface area contributed by atoms with Gasteiger partial charge in [-0.15, -0.1) is 5.92 Å². The zero-order valence-corrected chi connectivity index (χ0v) is 13.6. The highest BCUT2D eigenvalue weighted by Gasteiger charge is 2.55. The van der Waals surface area contributed by atoms with Gasteiger partial charge in [0.25, 0.3) is 0 Å². The molecule has 1 saturated carbocycles. The van der Waals surface area contributed by atoms with Crippen molar-refractivity contribution in [1.82, 2.24) is 5.32 Å². The molecule has 4 nitrogen and oxygen atoms in total. The van der Waals surface area contributed by atoms with Crippen LogP contribution in [0.5, 0.6) is 0 Å². The van der Waals surface area contributed by atoms with Crippen LogP contribution in [0.1, 0.15) is 47.9 Å². The van der Waals surface area contributed by atoms with Gasteiger partial charge in [-0.05, 0) is 49.6 Å². The van der Waals surface area contributed by atoms with Crippen molar-refractivity contribution in [2.45, 2.75) is 39.5 Å². The summed E-state index contributed by atoms with van der Waals surface area (Å²) in [6, 6.07) is 3.83. The van der Waals surface area contributed by atoms with Crippen LogP contribution in [0.15, 0.2) is 12.1 Å². The molecule has 0 aromatic heterocycles. The Morgan fingerprint density at radius 1 is 1.09 bits per heavy atom. The Morgan fingerprint density at radius 2 is 1.65 bits per heavy atom. The van der Waals surface area contributed by atoms with Gasteiger partial charge in [-0.3, -0.25) is 14.4 Å². The first-order valence-corrected chi connectivity index (χ1v) is 7.75. The molecule has 1 saturated heterocycles. The summed E-state index contributed by atoms with van der Waals surface area (Å²) < 4.78 is 0. The van der Waals surface area contributed by atoms with Crippen molar-refractivity contribution < 1.29 is 14.4 Å². The van der Waals surface area contributed by atoms with E-state index in [1.807, 2.05) is 26.0 Å². The molecule has 1 spiro atoms. The zero-order chi connectivity index (χ0) is 16.8. The van der Waals surface area contributed by atoms with Crippen molar-refractivity contribution in [3.8, 4) is 11.8 Å². The second-order valence-electron chi connectivity index (χ2n) is 6.58. The van der Waals surface area contributed by atoms with Crippen LogP contribution in [-0.4, -0.2) is 24.0 Å². The molecule has 2 fully saturated rings. The minimum absolute atomic E-state index is 0.142. The van der Waals surface area contributed by atoms with Crippen molar-refractivity contribution in [2.75, 3.05) is 6.54 Å².